The Labute approximate surface area is 158 Å². The molecular formula is C19H25N3O3S. The Hall–Kier alpha value is -2.12. The number of nitrogens with zero attached hydrogens (tertiary/aromatic N) is 3. The normalized spacial score (nSPS) is 17.3. The number of carbonyl (C=O) groups is 1. The van der Waals surface area contributed by atoms with Crippen molar-refractivity contribution in [1.82, 2.24) is 14.8 Å². The lowest BCUT2D eigenvalue weighted by Gasteiger charge is -2.25. The zero-order chi connectivity index (χ0) is 18.7. The van der Waals surface area contributed by atoms with E-state index in [0.717, 1.165) is 35.7 Å². The van der Waals surface area contributed by atoms with Crippen LogP contribution < -0.4 is 9.47 Å². The van der Waals surface area contributed by atoms with Gasteiger partial charge in [-0.25, -0.2) is 4.98 Å². The third-order valence-corrected chi connectivity index (χ3v) is 5.56. The van der Waals surface area contributed by atoms with Crippen LogP contribution in [-0.4, -0.2) is 61.6 Å². The van der Waals surface area contributed by atoms with Gasteiger partial charge in [0.2, 0.25) is 5.91 Å². The summed E-state index contributed by atoms with van der Waals surface area (Å²) in [6, 6.07) is 5.75. The van der Waals surface area contributed by atoms with Crippen LogP contribution in [0.25, 0.3) is 10.6 Å². The highest BCUT2D eigenvalue weighted by molar-refractivity contribution is 7.13. The van der Waals surface area contributed by atoms with Crippen LogP contribution in [0.1, 0.15) is 18.5 Å². The average Bonchev–Trinajstić information content (AvgIpc) is 3.30. The number of aromatic nitrogens is 1. The van der Waals surface area contributed by atoms with Gasteiger partial charge in [0.25, 0.3) is 0 Å². The van der Waals surface area contributed by atoms with E-state index in [-0.39, 0.29) is 11.9 Å². The molecule has 26 heavy (non-hydrogen) atoms. The molecule has 0 spiro atoms. The van der Waals surface area contributed by atoms with Gasteiger partial charge < -0.3 is 14.4 Å². The standard InChI is InChI=1S/C19H25N3O3S/c1-21(2)19(23)15-8-6-10-22(15)11-13-12-26-18(20-13)14-7-5-9-16(24-3)17(14)25-4/h5,7,9,12,15H,6,8,10-11H2,1-4H3. The summed E-state index contributed by atoms with van der Waals surface area (Å²) >= 11 is 1.58. The summed E-state index contributed by atoms with van der Waals surface area (Å²) in [6.45, 7) is 1.62. The molecule has 1 aromatic carbocycles. The molecule has 6 nitrogen and oxygen atoms in total. The Kier molecular flexibility index (Phi) is 5.78. The largest absolute Gasteiger partial charge is 0.493 e. The predicted molar refractivity (Wildman–Crippen MR) is 103 cm³/mol. The number of likely N-dealkylation sites (tertiary alicyclic amines) is 1. The van der Waals surface area contributed by atoms with E-state index >= 15 is 0 Å². The number of amides is 1. The van der Waals surface area contributed by atoms with Gasteiger partial charge in [-0.2, -0.15) is 0 Å². The van der Waals surface area contributed by atoms with Crippen LogP contribution in [0.3, 0.4) is 0 Å². The molecule has 3 rings (SSSR count). The van der Waals surface area contributed by atoms with E-state index in [0.29, 0.717) is 18.0 Å². The fourth-order valence-electron chi connectivity index (χ4n) is 3.36. The zero-order valence-corrected chi connectivity index (χ0v) is 16.5. The topological polar surface area (TPSA) is 54.9 Å². The van der Waals surface area contributed by atoms with Gasteiger partial charge in [0, 0.05) is 26.0 Å². The summed E-state index contributed by atoms with van der Waals surface area (Å²) in [5.74, 6) is 1.56. The molecule has 0 radical (unpaired) electrons. The highest BCUT2D eigenvalue weighted by atomic mass is 32.1. The number of methoxy groups -OCH3 is 2. The molecule has 2 heterocycles. The number of thiazole rings is 1. The van der Waals surface area contributed by atoms with Crippen LogP contribution in [0.5, 0.6) is 11.5 Å². The first-order valence-corrected chi connectivity index (χ1v) is 9.54. The molecule has 0 N–H and O–H groups in total. The summed E-state index contributed by atoms with van der Waals surface area (Å²) < 4.78 is 10.9. The summed E-state index contributed by atoms with van der Waals surface area (Å²) in [5.41, 5.74) is 1.90. The number of carbonyl (C=O) groups excluding carboxylic acids is 1. The maximum atomic E-state index is 12.4. The molecule has 0 aliphatic carbocycles. The highest BCUT2D eigenvalue weighted by Gasteiger charge is 2.32. The van der Waals surface area contributed by atoms with Crippen LogP contribution in [0.4, 0.5) is 0 Å². The summed E-state index contributed by atoms with van der Waals surface area (Å²) in [5, 5.41) is 2.95. The smallest absolute Gasteiger partial charge is 0.239 e. The van der Waals surface area contributed by atoms with E-state index in [1.807, 2.05) is 32.3 Å². The van der Waals surface area contributed by atoms with E-state index in [9.17, 15) is 4.79 Å². The number of para-hydroxylation sites is 1. The SMILES string of the molecule is COc1cccc(-c2nc(CN3CCCC3C(=O)N(C)C)cs2)c1OC. The van der Waals surface area contributed by atoms with Crippen molar-refractivity contribution in [3.05, 3.63) is 29.3 Å². The molecule has 1 unspecified atom stereocenters. The minimum absolute atomic E-state index is 0.0403. The van der Waals surface area contributed by atoms with Gasteiger partial charge >= 0.3 is 0 Å². The average molecular weight is 375 g/mol. The van der Waals surface area contributed by atoms with Crippen LogP contribution in [0, 0.1) is 0 Å². The highest BCUT2D eigenvalue weighted by Crippen LogP contribution is 2.39. The lowest BCUT2D eigenvalue weighted by atomic mass is 10.2. The second kappa shape index (κ2) is 8.05. The number of ether oxygens (including phenoxy) is 2. The van der Waals surface area contributed by atoms with Gasteiger partial charge in [0.05, 0.1) is 31.5 Å². The Balaban J connectivity index is 1.80. The van der Waals surface area contributed by atoms with Crippen molar-refractivity contribution in [2.24, 2.45) is 0 Å². The molecule has 1 aliphatic heterocycles. The second-order valence-corrected chi connectivity index (χ2v) is 7.40. The number of hydrogen-bond acceptors (Lipinski definition) is 6. The molecule has 1 aliphatic rings. The predicted octanol–water partition coefficient (Wildman–Crippen LogP) is 2.88. The summed E-state index contributed by atoms with van der Waals surface area (Å²) in [4.78, 5) is 21.0. The maximum Gasteiger partial charge on any atom is 0.239 e. The van der Waals surface area contributed by atoms with Gasteiger partial charge in [-0.1, -0.05) is 6.07 Å². The Bertz CT molecular complexity index is 775. The molecule has 1 saturated heterocycles. The van der Waals surface area contributed by atoms with Crippen molar-refractivity contribution in [3.63, 3.8) is 0 Å². The first kappa shape index (κ1) is 18.7. The van der Waals surface area contributed by atoms with Crippen LogP contribution in [0.2, 0.25) is 0 Å². The molecule has 0 bridgehead atoms. The molecular weight excluding hydrogens is 350 g/mol. The fourth-order valence-corrected chi connectivity index (χ4v) is 4.19. The zero-order valence-electron chi connectivity index (χ0n) is 15.7. The number of hydrogen-bond donors (Lipinski definition) is 0. The number of rotatable bonds is 6. The first-order chi connectivity index (χ1) is 12.5. The molecule has 2 aromatic rings. The van der Waals surface area contributed by atoms with E-state index in [1.165, 1.54) is 0 Å². The van der Waals surface area contributed by atoms with Gasteiger partial charge in [-0.05, 0) is 31.5 Å². The van der Waals surface area contributed by atoms with Crippen LogP contribution in [-0.2, 0) is 11.3 Å². The minimum Gasteiger partial charge on any atom is -0.493 e. The molecule has 0 saturated carbocycles. The van der Waals surface area contributed by atoms with E-state index < -0.39 is 0 Å². The van der Waals surface area contributed by atoms with Crippen molar-refractivity contribution in [3.8, 4) is 22.1 Å². The Morgan fingerprint density at radius 1 is 1.35 bits per heavy atom. The second-order valence-electron chi connectivity index (χ2n) is 6.55. The quantitative estimate of drug-likeness (QED) is 0.777. The van der Waals surface area contributed by atoms with Crippen molar-refractivity contribution in [2.75, 3.05) is 34.9 Å². The number of benzene rings is 1. The molecule has 1 amide bonds. The molecule has 7 heteroatoms. The van der Waals surface area contributed by atoms with Crippen LogP contribution >= 0.6 is 11.3 Å². The van der Waals surface area contributed by atoms with Crippen LogP contribution in [0.15, 0.2) is 23.6 Å². The lowest BCUT2D eigenvalue weighted by molar-refractivity contribution is -0.133. The summed E-state index contributed by atoms with van der Waals surface area (Å²) in [6.07, 6.45) is 1.96. The third-order valence-electron chi connectivity index (χ3n) is 4.64. The monoisotopic (exact) mass is 375 g/mol. The first-order valence-electron chi connectivity index (χ1n) is 8.66. The third kappa shape index (κ3) is 3.68. The Morgan fingerprint density at radius 3 is 2.85 bits per heavy atom. The minimum atomic E-state index is -0.0403. The van der Waals surface area contributed by atoms with E-state index in [4.69, 9.17) is 14.5 Å². The Morgan fingerprint density at radius 2 is 2.15 bits per heavy atom. The van der Waals surface area contributed by atoms with E-state index in [1.54, 1.807) is 30.5 Å². The van der Waals surface area contributed by atoms with Crippen molar-refractivity contribution < 1.29 is 14.3 Å². The fraction of sp³-hybridized carbons (Fsp3) is 0.474. The van der Waals surface area contributed by atoms with Gasteiger partial charge in [0.1, 0.15) is 5.01 Å². The van der Waals surface area contributed by atoms with Gasteiger partial charge in [-0.3, -0.25) is 9.69 Å². The summed E-state index contributed by atoms with van der Waals surface area (Å²) in [7, 11) is 6.89. The number of likely N-dealkylation sites (N-methyl/N-ethyl adjacent to an activating group) is 1. The van der Waals surface area contributed by atoms with Gasteiger partial charge in [-0.15, -0.1) is 11.3 Å². The van der Waals surface area contributed by atoms with Crippen molar-refractivity contribution in [1.29, 1.82) is 0 Å². The van der Waals surface area contributed by atoms with Crippen molar-refractivity contribution >= 4 is 17.2 Å². The van der Waals surface area contributed by atoms with E-state index in [2.05, 4.69) is 10.3 Å². The lowest BCUT2D eigenvalue weighted by Crippen LogP contribution is -2.42. The molecule has 1 fully saturated rings. The molecule has 1 atom stereocenters. The van der Waals surface area contributed by atoms with Crippen molar-refractivity contribution in [2.45, 2.75) is 25.4 Å². The molecule has 1 aromatic heterocycles. The molecule has 140 valence electrons. The van der Waals surface area contributed by atoms with Gasteiger partial charge in [0.15, 0.2) is 11.5 Å². The maximum absolute atomic E-state index is 12.4.